The molecule has 1 aromatic heterocycles. The van der Waals surface area contributed by atoms with E-state index in [0.29, 0.717) is 28.7 Å². The lowest BCUT2D eigenvalue weighted by molar-refractivity contribution is 0.102. The number of likely N-dealkylation sites (tertiary alicyclic amines) is 1. The summed E-state index contributed by atoms with van der Waals surface area (Å²) in [6.07, 6.45) is 1.47. The molecule has 4 rings (SSSR count). The van der Waals surface area contributed by atoms with E-state index in [4.69, 9.17) is 11.6 Å². The van der Waals surface area contributed by atoms with Crippen LogP contribution >= 0.6 is 22.9 Å². The molecular weight excluding hydrogens is 448 g/mol. The normalized spacial score (nSPS) is 15.7. The molecule has 0 spiro atoms. The number of hydrogen-bond acceptors (Lipinski definition) is 5. The van der Waals surface area contributed by atoms with E-state index in [0.717, 1.165) is 29.9 Å². The number of anilines is 2. The van der Waals surface area contributed by atoms with Crippen molar-refractivity contribution in [2.45, 2.75) is 18.9 Å². The van der Waals surface area contributed by atoms with Gasteiger partial charge in [-0.1, -0.05) is 22.9 Å². The van der Waals surface area contributed by atoms with Gasteiger partial charge in [0.2, 0.25) is 5.01 Å². The maximum atomic E-state index is 13.3. The summed E-state index contributed by atoms with van der Waals surface area (Å²) in [6.45, 7) is 0.542. The monoisotopic (exact) mass is 463 g/mol. The highest BCUT2D eigenvalue weighted by atomic mass is 35.5. The lowest BCUT2D eigenvalue weighted by Crippen LogP contribution is -2.34. The van der Waals surface area contributed by atoms with Gasteiger partial charge < -0.3 is 15.5 Å². The first kappa shape index (κ1) is 21.1. The minimum atomic E-state index is -1.07. The van der Waals surface area contributed by atoms with E-state index in [1.807, 2.05) is 0 Å². The summed E-state index contributed by atoms with van der Waals surface area (Å²) in [6, 6.07) is 9.23. The Hall–Kier alpha value is -3.11. The van der Waals surface area contributed by atoms with Crippen molar-refractivity contribution in [3.05, 3.63) is 69.1 Å². The number of hydrogen-bond donors (Lipinski definition) is 2. The number of aromatic nitrogens is 2. The Morgan fingerprint density at radius 2 is 1.77 bits per heavy atom. The third kappa shape index (κ3) is 4.80. The van der Waals surface area contributed by atoms with Crippen LogP contribution < -0.4 is 10.6 Å². The molecule has 0 aliphatic carbocycles. The lowest BCUT2D eigenvalue weighted by atomic mass is 10.2. The second-order valence-corrected chi connectivity index (χ2v) is 8.26. The summed E-state index contributed by atoms with van der Waals surface area (Å²) in [5.41, 5.74) is 0.717. The zero-order valence-electron chi connectivity index (χ0n) is 15.9. The molecule has 2 aromatic carbocycles. The first-order valence-corrected chi connectivity index (χ1v) is 10.5. The van der Waals surface area contributed by atoms with Gasteiger partial charge in [0.1, 0.15) is 5.01 Å². The highest BCUT2D eigenvalue weighted by Gasteiger charge is 2.33. The molecule has 11 heteroatoms. The summed E-state index contributed by atoms with van der Waals surface area (Å²) in [7, 11) is 0. The topological polar surface area (TPSA) is 87.2 Å². The number of halogens is 3. The number of carbonyl (C=O) groups excluding carboxylic acids is 2. The summed E-state index contributed by atoms with van der Waals surface area (Å²) in [5.74, 6) is -2.66. The van der Waals surface area contributed by atoms with E-state index in [1.54, 1.807) is 29.2 Å². The van der Waals surface area contributed by atoms with Crippen LogP contribution in [-0.2, 0) is 0 Å². The molecule has 2 N–H and O–H groups in total. The van der Waals surface area contributed by atoms with Crippen LogP contribution in [0.3, 0.4) is 0 Å². The quantitative estimate of drug-likeness (QED) is 0.564. The molecule has 3 aromatic rings. The highest BCUT2D eigenvalue weighted by Crippen LogP contribution is 2.34. The van der Waals surface area contributed by atoms with Crippen LogP contribution in [0.2, 0.25) is 5.02 Å². The minimum Gasteiger partial charge on any atom is -0.320 e. The number of nitrogens with one attached hydrogen (secondary N) is 2. The van der Waals surface area contributed by atoms with Crippen LogP contribution in [0.4, 0.5) is 25.0 Å². The van der Waals surface area contributed by atoms with Gasteiger partial charge in [-0.15, -0.1) is 10.2 Å². The van der Waals surface area contributed by atoms with Crippen LogP contribution in [0.25, 0.3) is 0 Å². The van der Waals surface area contributed by atoms with E-state index < -0.39 is 17.5 Å². The molecule has 31 heavy (non-hydrogen) atoms. The maximum absolute atomic E-state index is 13.3. The van der Waals surface area contributed by atoms with Gasteiger partial charge in [0.15, 0.2) is 11.6 Å². The number of amides is 3. The van der Waals surface area contributed by atoms with E-state index >= 15 is 0 Å². The second-order valence-electron chi connectivity index (χ2n) is 6.82. The van der Waals surface area contributed by atoms with Gasteiger partial charge in [0, 0.05) is 29.0 Å². The number of carbonyl (C=O) groups is 2. The van der Waals surface area contributed by atoms with Crippen LogP contribution in [0.1, 0.15) is 33.7 Å². The zero-order valence-corrected chi connectivity index (χ0v) is 17.5. The largest absolute Gasteiger partial charge is 0.322 e. The molecular formula is C20H16ClF2N5O2S. The van der Waals surface area contributed by atoms with Crippen molar-refractivity contribution >= 4 is 46.3 Å². The molecule has 1 aliphatic rings. The Labute approximate surface area is 185 Å². The van der Waals surface area contributed by atoms with Crippen molar-refractivity contribution in [3.63, 3.8) is 0 Å². The lowest BCUT2D eigenvalue weighted by Gasteiger charge is -2.23. The predicted octanol–water partition coefficient (Wildman–Crippen LogP) is 5.09. The molecule has 0 saturated carbocycles. The Morgan fingerprint density at radius 1 is 1.03 bits per heavy atom. The van der Waals surface area contributed by atoms with Crippen molar-refractivity contribution in [1.82, 2.24) is 15.1 Å². The van der Waals surface area contributed by atoms with Gasteiger partial charge in [0.05, 0.1) is 6.04 Å². The molecule has 1 fully saturated rings. The Balaban J connectivity index is 1.44. The van der Waals surface area contributed by atoms with E-state index in [9.17, 15) is 18.4 Å². The highest BCUT2D eigenvalue weighted by molar-refractivity contribution is 7.13. The van der Waals surface area contributed by atoms with Gasteiger partial charge in [0.25, 0.3) is 5.91 Å². The number of urea groups is 1. The molecule has 0 unspecified atom stereocenters. The molecule has 1 atom stereocenters. The summed E-state index contributed by atoms with van der Waals surface area (Å²) >= 11 is 6.92. The fourth-order valence-corrected chi connectivity index (χ4v) is 4.23. The van der Waals surface area contributed by atoms with Crippen molar-refractivity contribution in [1.29, 1.82) is 0 Å². The van der Waals surface area contributed by atoms with Crippen LogP contribution in [0.15, 0.2) is 42.5 Å². The van der Waals surface area contributed by atoms with Crippen molar-refractivity contribution in [3.8, 4) is 0 Å². The fraction of sp³-hybridized carbons (Fsp3) is 0.200. The molecule has 0 radical (unpaired) electrons. The van der Waals surface area contributed by atoms with Gasteiger partial charge in [-0.25, -0.2) is 13.6 Å². The average Bonchev–Trinajstić information content (AvgIpc) is 3.42. The first-order chi connectivity index (χ1) is 14.9. The Kier molecular flexibility index (Phi) is 6.10. The molecule has 7 nitrogen and oxygen atoms in total. The molecule has 1 aliphatic heterocycles. The van der Waals surface area contributed by atoms with Crippen molar-refractivity contribution < 1.29 is 18.4 Å². The van der Waals surface area contributed by atoms with Crippen molar-refractivity contribution in [2.75, 3.05) is 17.2 Å². The smallest absolute Gasteiger partial charge is 0.320 e. The van der Waals surface area contributed by atoms with E-state index in [2.05, 4.69) is 20.8 Å². The average molecular weight is 464 g/mol. The predicted molar refractivity (Wildman–Crippen MR) is 113 cm³/mol. The summed E-state index contributed by atoms with van der Waals surface area (Å²) < 4.78 is 26.4. The Morgan fingerprint density at radius 3 is 2.52 bits per heavy atom. The van der Waals surface area contributed by atoms with Crippen LogP contribution in [0.5, 0.6) is 0 Å². The minimum absolute atomic E-state index is 0.0599. The van der Waals surface area contributed by atoms with Crippen LogP contribution in [0, 0.1) is 11.6 Å². The van der Waals surface area contributed by atoms with Gasteiger partial charge in [-0.05, 0) is 49.2 Å². The fourth-order valence-electron chi connectivity index (χ4n) is 3.21. The van der Waals surface area contributed by atoms with E-state index in [-0.39, 0.29) is 22.8 Å². The summed E-state index contributed by atoms with van der Waals surface area (Å²) in [5, 5.41) is 14.4. The van der Waals surface area contributed by atoms with Crippen LogP contribution in [-0.4, -0.2) is 33.6 Å². The standard InChI is InChI=1S/C20H16ClF2N5O2S/c21-11-3-5-12(6-4-11)25-20(30)28-9-1-2-16(28)18-26-27-19(31-18)17(29)24-13-7-8-14(22)15(23)10-13/h3-8,10,16H,1-2,9H2,(H,24,29)(H,25,30)/t16-/m0/s1. The zero-order chi connectivity index (χ0) is 22.0. The third-order valence-electron chi connectivity index (χ3n) is 4.71. The van der Waals surface area contributed by atoms with Gasteiger partial charge in [-0.2, -0.15) is 0 Å². The SMILES string of the molecule is O=C(Nc1ccc(F)c(F)c1)c1nnc([C@@H]2CCCN2C(=O)Nc2ccc(Cl)cc2)s1. The molecule has 0 bridgehead atoms. The number of benzene rings is 2. The molecule has 160 valence electrons. The number of nitrogens with zero attached hydrogens (tertiary/aromatic N) is 3. The van der Waals surface area contributed by atoms with Gasteiger partial charge >= 0.3 is 6.03 Å². The first-order valence-electron chi connectivity index (χ1n) is 9.34. The summed E-state index contributed by atoms with van der Waals surface area (Å²) in [4.78, 5) is 26.8. The molecule has 1 saturated heterocycles. The molecule has 2 heterocycles. The number of rotatable bonds is 4. The Bertz CT molecular complexity index is 1130. The van der Waals surface area contributed by atoms with Gasteiger partial charge in [-0.3, -0.25) is 4.79 Å². The molecule has 3 amide bonds. The third-order valence-corrected chi connectivity index (χ3v) is 5.98. The van der Waals surface area contributed by atoms with Crippen molar-refractivity contribution in [2.24, 2.45) is 0 Å². The van der Waals surface area contributed by atoms with E-state index in [1.165, 1.54) is 6.07 Å². The maximum Gasteiger partial charge on any atom is 0.322 e. The second kappa shape index (κ2) is 8.94.